The number of hydrazone groups is 1. The van der Waals surface area contributed by atoms with E-state index >= 15 is 0 Å². The van der Waals surface area contributed by atoms with Gasteiger partial charge in [0.15, 0.2) is 0 Å². The monoisotopic (exact) mass is 518 g/mol. The van der Waals surface area contributed by atoms with Crippen LogP contribution >= 0.6 is 23.2 Å². The molecule has 0 heterocycles. The Hall–Kier alpha value is -2.37. The lowest BCUT2D eigenvalue weighted by molar-refractivity contribution is -0.121. The van der Waals surface area contributed by atoms with E-state index in [0.29, 0.717) is 22.8 Å². The second-order valence-electron chi connectivity index (χ2n) is 8.66. The zero-order valence-electron chi connectivity index (χ0n) is 20.5. The second-order valence-corrected chi connectivity index (χ2v) is 9.51. The normalized spacial score (nSPS) is 11.1. The molecule has 7 heteroatoms. The number of hydrogen-bond donors (Lipinski definition) is 1. The number of hydrogen-bond acceptors (Lipinski definition) is 4. The SMILES string of the molecule is CCCCCCCCCCCCCC(=O)N/N=C\c1cccc(OC(=O)c2ccc(Cl)cc2Cl)c1. The first kappa shape index (κ1) is 28.9. The molecule has 2 rings (SSSR count). The van der Waals surface area contributed by atoms with Gasteiger partial charge in [0, 0.05) is 11.4 Å². The smallest absolute Gasteiger partial charge is 0.345 e. The number of carbonyl (C=O) groups is 2. The molecule has 0 aliphatic carbocycles. The molecule has 0 radical (unpaired) electrons. The fourth-order valence-corrected chi connectivity index (χ4v) is 4.15. The van der Waals surface area contributed by atoms with Gasteiger partial charge in [0.05, 0.1) is 16.8 Å². The predicted octanol–water partition coefficient (Wildman–Crippen LogP) is 8.36. The Kier molecular flexibility index (Phi) is 14.1. The van der Waals surface area contributed by atoms with Crippen molar-refractivity contribution in [2.75, 3.05) is 0 Å². The average molecular weight is 520 g/mol. The first-order valence-electron chi connectivity index (χ1n) is 12.6. The molecule has 0 aliphatic heterocycles. The number of ether oxygens (including phenoxy) is 1. The van der Waals surface area contributed by atoms with Crippen molar-refractivity contribution in [1.29, 1.82) is 0 Å². The number of nitrogens with zero attached hydrogens (tertiary/aromatic N) is 1. The van der Waals surface area contributed by atoms with Gasteiger partial charge in [-0.3, -0.25) is 4.79 Å². The van der Waals surface area contributed by atoms with Gasteiger partial charge >= 0.3 is 5.97 Å². The summed E-state index contributed by atoms with van der Waals surface area (Å²) >= 11 is 11.9. The molecule has 0 aliphatic rings. The van der Waals surface area contributed by atoms with E-state index in [2.05, 4.69) is 17.5 Å². The van der Waals surface area contributed by atoms with Gasteiger partial charge in [-0.05, 0) is 42.3 Å². The largest absolute Gasteiger partial charge is 0.423 e. The van der Waals surface area contributed by atoms with Crippen molar-refractivity contribution in [2.45, 2.75) is 84.0 Å². The number of carbonyl (C=O) groups excluding carboxylic acids is 2. The summed E-state index contributed by atoms with van der Waals surface area (Å²) in [6, 6.07) is 11.4. The zero-order valence-corrected chi connectivity index (χ0v) is 22.0. The standard InChI is InChI=1S/C28H36Cl2N2O3/c1-2-3-4-5-6-7-8-9-10-11-12-16-27(33)32-31-21-22-14-13-15-24(19-22)35-28(34)25-18-17-23(29)20-26(25)30/h13-15,17-21H,2-12,16H2,1H3,(H,32,33)/b31-21-. The Balaban J connectivity index is 1.63. The summed E-state index contributed by atoms with van der Waals surface area (Å²) in [6.07, 6.45) is 15.7. The topological polar surface area (TPSA) is 67.8 Å². The van der Waals surface area contributed by atoms with Gasteiger partial charge in [-0.25, -0.2) is 10.2 Å². The number of benzene rings is 2. The highest BCUT2D eigenvalue weighted by Crippen LogP contribution is 2.23. The molecule has 5 nitrogen and oxygen atoms in total. The molecule has 1 N–H and O–H groups in total. The minimum atomic E-state index is -0.582. The van der Waals surface area contributed by atoms with Gasteiger partial charge in [0.2, 0.25) is 5.91 Å². The predicted molar refractivity (Wildman–Crippen MR) is 145 cm³/mol. The number of unbranched alkanes of at least 4 members (excludes halogenated alkanes) is 10. The average Bonchev–Trinajstić information content (AvgIpc) is 2.82. The fourth-order valence-electron chi connectivity index (χ4n) is 3.66. The van der Waals surface area contributed by atoms with Gasteiger partial charge in [0.25, 0.3) is 0 Å². The van der Waals surface area contributed by atoms with E-state index in [1.807, 2.05) is 0 Å². The van der Waals surface area contributed by atoms with Crippen LogP contribution in [-0.2, 0) is 4.79 Å². The lowest BCUT2D eigenvalue weighted by atomic mass is 10.1. The van der Waals surface area contributed by atoms with Crippen LogP contribution in [0, 0.1) is 0 Å². The molecular formula is C28H36Cl2N2O3. The molecule has 1 amide bonds. The van der Waals surface area contributed by atoms with E-state index in [9.17, 15) is 9.59 Å². The number of rotatable bonds is 16. The van der Waals surface area contributed by atoms with Crippen LogP contribution in [0.3, 0.4) is 0 Å². The molecular weight excluding hydrogens is 483 g/mol. The van der Waals surface area contributed by atoms with E-state index in [4.69, 9.17) is 27.9 Å². The summed E-state index contributed by atoms with van der Waals surface area (Å²) < 4.78 is 5.40. The summed E-state index contributed by atoms with van der Waals surface area (Å²) in [5.74, 6) is -0.338. The van der Waals surface area contributed by atoms with Crippen LogP contribution in [0.25, 0.3) is 0 Å². The fraction of sp³-hybridized carbons (Fsp3) is 0.464. The van der Waals surface area contributed by atoms with Gasteiger partial charge < -0.3 is 4.74 Å². The van der Waals surface area contributed by atoms with Crippen molar-refractivity contribution < 1.29 is 14.3 Å². The Labute approximate surface area is 219 Å². The number of nitrogens with one attached hydrogen (secondary N) is 1. The Morgan fingerprint density at radius 3 is 2.20 bits per heavy atom. The Morgan fingerprint density at radius 2 is 1.54 bits per heavy atom. The molecule has 0 saturated carbocycles. The molecule has 0 bridgehead atoms. The Bertz CT molecular complexity index is 963. The maximum atomic E-state index is 12.4. The summed E-state index contributed by atoms with van der Waals surface area (Å²) in [5, 5.41) is 4.68. The lowest BCUT2D eigenvalue weighted by Gasteiger charge is -2.07. The second kappa shape index (κ2) is 17.1. The van der Waals surface area contributed by atoms with Crippen molar-refractivity contribution in [1.82, 2.24) is 5.43 Å². The molecule has 0 fully saturated rings. The van der Waals surface area contributed by atoms with Crippen molar-refractivity contribution in [2.24, 2.45) is 5.10 Å². The first-order chi connectivity index (χ1) is 17.0. The van der Waals surface area contributed by atoms with Gasteiger partial charge in [-0.15, -0.1) is 0 Å². The van der Waals surface area contributed by atoms with Gasteiger partial charge in [-0.1, -0.05) is 106 Å². The molecule has 2 aromatic rings. The summed E-state index contributed by atoms with van der Waals surface area (Å²) in [5.41, 5.74) is 3.47. The molecule has 0 unspecified atom stereocenters. The van der Waals surface area contributed by atoms with Crippen LogP contribution in [0.4, 0.5) is 0 Å². The van der Waals surface area contributed by atoms with Crippen LogP contribution < -0.4 is 10.2 Å². The lowest BCUT2D eigenvalue weighted by Crippen LogP contribution is -2.16. The molecule has 0 aromatic heterocycles. The number of esters is 1. The maximum absolute atomic E-state index is 12.4. The summed E-state index contributed by atoms with van der Waals surface area (Å²) in [4.78, 5) is 24.4. The van der Waals surface area contributed by atoms with Crippen molar-refractivity contribution in [3.05, 3.63) is 63.6 Å². The summed E-state index contributed by atoms with van der Waals surface area (Å²) in [7, 11) is 0. The van der Waals surface area contributed by atoms with Crippen LogP contribution in [0.15, 0.2) is 47.6 Å². The Morgan fingerprint density at radius 1 is 0.886 bits per heavy atom. The van der Waals surface area contributed by atoms with Gasteiger partial charge in [0.1, 0.15) is 5.75 Å². The highest BCUT2D eigenvalue weighted by atomic mass is 35.5. The third kappa shape index (κ3) is 12.2. The third-order valence-electron chi connectivity index (χ3n) is 5.63. The molecule has 35 heavy (non-hydrogen) atoms. The highest BCUT2D eigenvalue weighted by molar-refractivity contribution is 6.36. The van der Waals surface area contributed by atoms with Crippen LogP contribution in [0.5, 0.6) is 5.75 Å². The zero-order chi connectivity index (χ0) is 25.3. The molecule has 190 valence electrons. The van der Waals surface area contributed by atoms with E-state index in [1.165, 1.54) is 76.1 Å². The number of amides is 1. The minimum Gasteiger partial charge on any atom is -0.423 e. The van der Waals surface area contributed by atoms with Crippen molar-refractivity contribution in [3.63, 3.8) is 0 Å². The molecule has 0 saturated heterocycles. The molecule has 0 spiro atoms. The van der Waals surface area contributed by atoms with Crippen LogP contribution in [-0.4, -0.2) is 18.1 Å². The van der Waals surface area contributed by atoms with E-state index in [0.717, 1.165) is 12.8 Å². The van der Waals surface area contributed by atoms with E-state index in [-0.39, 0.29) is 16.5 Å². The number of halogens is 2. The quantitative estimate of drug-likeness (QED) is 0.0797. The first-order valence-corrected chi connectivity index (χ1v) is 13.3. The highest BCUT2D eigenvalue weighted by Gasteiger charge is 2.13. The molecule has 0 atom stereocenters. The van der Waals surface area contributed by atoms with Crippen molar-refractivity contribution >= 4 is 41.3 Å². The molecule has 2 aromatic carbocycles. The van der Waals surface area contributed by atoms with Crippen LogP contribution in [0.2, 0.25) is 10.0 Å². The van der Waals surface area contributed by atoms with Crippen molar-refractivity contribution in [3.8, 4) is 5.75 Å². The third-order valence-corrected chi connectivity index (χ3v) is 6.18. The van der Waals surface area contributed by atoms with E-state index < -0.39 is 5.97 Å². The van der Waals surface area contributed by atoms with E-state index in [1.54, 1.807) is 30.3 Å². The van der Waals surface area contributed by atoms with Gasteiger partial charge in [-0.2, -0.15) is 5.10 Å². The minimum absolute atomic E-state index is 0.0999. The van der Waals surface area contributed by atoms with Crippen LogP contribution in [0.1, 0.15) is 99.9 Å². The maximum Gasteiger partial charge on any atom is 0.345 e. The summed E-state index contributed by atoms with van der Waals surface area (Å²) in [6.45, 7) is 2.24.